The lowest BCUT2D eigenvalue weighted by atomic mass is 10.0. The zero-order chi connectivity index (χ0) is 19.6. The van der Waals surface area contributed by atoms with Crippen molar-refractivity contribution in [1.29, 1.82) is 0 Å². The molecule has 0 spiro atoms. The highest BCUT2D eigenvalue weighted by atomic mass is 16.6. The molecule has 0 amide bonds. The predicted molar refractivity (Wildman–Crippen MR) is 107 cm³/mol. The molecule has 2 atom stereocenters. The van der Waals surface area contributed by atoms with Crippen LogP contribution in [-0.4, -0.2) is 58.5 Å². The minimum atomic E-state index is -0.579. The van der Waals surface area contributed by atoms with Gasteiger partial charge in [-0.15, -0.1) is 0 Å². The van der Waals surface area contributed by atoms with Gasteiger partial charge in [0.15, 0.2) is 11.5 Å². The van der Waals surface area contributed by atoms with Crippen molar-refractivity contribution in [3.8, 4) is 17.2 Å². The van der Waals surface area contributed by atoms with Crippen molar-refractivity contribution in [1.82, 2.24) is 14.9 Å². The Morgan fingerprint density at radius 3 is 2.83 bits per heavy atom. The Kier molecular flexibility index (Phi) is 4.91. The van der Waals surface area contributed by atoms with Crippen LogP contribution >= 0.6 is 0 Å². The lowest BCUT2D eigenvalue weighted by molar-refractivity contribution is -0.0290. The van der Waals surface area contributed by atoms with Crippen molar-refractivity contribution in [2.75, 3.05) is 26.3 Å². The van der Waals surface area contributed by atoms with Crippen LogP contribution in [0.2, 0.25) is 0 Å². The van der Waals surface area contributed by atoms with Crippen molar-refractivity contribution in [2.24, 2.45) is 0 Å². The molecule has 1 saturated heterocycles. The fraction of sp³-hybridized carbons (Fsp3) is 0.364. The van der Waals surface area contributed by atoms with Crippen LogP contribution in [0.25, 0.3) is 11.0 Å². The number of nitrogens with zero attached hydrogens (tertiary/aromatic N) is 3. The summed E-state index contributed by atoms with van der Waals surface area (Å²) in [5, 5.41) is 10.7. The number of β-amino-alcohol motifs (C(OH)–C–C–N with tert-alkyl or cyclic N) is 1. The summed E-state index contributed by atoms with van der Waals surface area (Å²) >= 11 is 0. The zero-order valence-electron chi connectivity index (χ0n) is 16.0. The van der Waals surface area contributed by atoms with Crippen LogP contribution in [-0.2, 0) is 6.54 Å². The van der Waals surface area contributed by atoms with Gasteiger partial charge in [0.2, 0.25) is 5.75 Å². The van der Waals surface area contributed by atoms with E-state index in [1.54, 1.807) is 12.4 Å². The van der Waals surface area contributed by atoms with Crippen LogP contribution in [0.5, 0.6) is 17.2 Å². The fourth-order valence-electron chi connectivity index (χ4n) is 3.92. The maximum Gasteiger partial charge on any atom is 0.203 e. The van der Waals surface area contributed by atoms with Crippen LogP contribution in [0.15, 0.2) is 48.8 Å². The number of rotatable bonds is 4. The van der Waals surface area contributed by atoms with Gasteiger partial charge >= 0.3 is 0 Å². The van der Waals surface area contributed by atoms with Gasteiger partial charge in [-0.2, -0.15) is 0 Å². The highest BCUT2D eigenvalue weighted by molar-refractivity contribution is 5.74. The molecule has 3 aromatic rings. The Morgan fingerprint density at radius 2 is 1.93 bits per heavy atom. The summed E-state index contributed by atoms with van der Waals surface area (Å²) in [6.07, 6.45) is 3.29. The van der Waals surface area contributed by atoms with E-state index < -0.39 is 6.10 Å². The summed E-state index contributed by atoms with van der Waals surface area (Å²) < 4.78 is 17.4. The van der Waals surface area contributed by atoms with Crippen molar-refractivity contribution in [3.63, 3.8) is 0 Å². The van der Waals surface area contributed by atoms with Crippen molar-refractivity contribution in [2.45, 2.75) is 25.2 Å². The van der Waals surface area contributed by atoms with Crippen LogP contribution in [0.4, 0.5) is 0 Å². The summed E-state index contributed by atoms with van der Waals surface area (Å²) in [5.74, 6) is 1.96. The zero-order valence-corrected chi connectivity index (χ0v) is 16.0. The number of aromatic nitrogens is 2. The molecule has 0 unspecified atom stereocenters. The second-order valence-corrected chi connectivity index (χ2v) is 7.41. The minimum Gasteiger partial charge on any atom is -0.486 e. The number of likely N-dealkylation sites (tertiary alicyclic amines) is 1. The van der Waals surface area contributed by atoms with Gasteiger partial charge in [0.1, 0.15) is 25.4 Å². The second-order valence-electron chi connectivity index (χ2n) is 7.41. The number of aliphatic hydroxyl groups excluding tert-OH is 1. The molecular weight excluding hydrogens is 370 g/mol. The third kappa shape index (κ3) is 3.83. The summed E-state index contributed by atoms with van der Waals surface area (Å²) in [6.45, 7) is 3.19. The Hall–Kier alpha value is -2.90. The minimum absolute atomic E-state index is 0.272. The molecule has 1 aromatic heterocycles. The van der Waals surface area contributed by atoms with Gasteiger partial charge in [-0.1, -0.05) is 12.1 Å². The number of hydrogen-bond acceptors (Lipinski definition) is 7. The standard InChI is InChI=1S/C22H23N3O4/c26-18-14-25(13-15-4-5-16-17(12-15)24-8-7-23-16)9-6-19(18)29-21-3-1-2-20-22(21)28-11-10-27-20/h1-5,7-8,12,18-19,26H,6,9-11,13-14H2/t18-,19-/m1/s1. The maximum atomic E-state index is 10.7. The van der Waals surface area contributed by atoms with Crippen molar-refractivity contribution < 1.29 is 19.3 Å². The van der Waals surface area contributed by atoms with Gasteiger partial charge in [0.05, 0.1) is 11.0 Å². The molecule has 1 fully saturated rings. The van der Waals surface area contributed by atoms with Crippen LogP contribution in [0.3, 0.4) is 0 Å². The summed E-state index contributed by atoms with van der Waals surface area (Å²) in [6, 6.07) is 11.7. The van der Waals surface area contributed by atoms with Gasteiger partial charge in [-0.3, -0.25) is 14.9 Å². The van der Waals surface area contributed by atoms with Gasteiger partial charge in [-0.05, 0) is 36.2 Å². The van der Waals surface area contributed by atoms with E-state index in [2.05, 4.69) is 27.0 Å². The third-order valence-electron chi connectivity index (χ3n) is 5.35. The summed E-state index contributed by atoms with van der Waals surface area (Å²) in [7, 11) is 0. The molecule has 3 heterocycles. The van der Waals surface area contributed by atoms with Gasteiger partial charge < -0.3 is 19.3 Å². The van der Waals surface area contributed by atoms with Crippen LogP contribution in [0.1, 0.15) is 12.0 Å². The quantitative estimate of drug-likeness (QED) is 0.729. The number of hydrogen-bond donors (Lipinski definition) is 1. The molecule has 2 aliphatic heterocycles. The first-order valence-corrected chi connectivity index (χ1v) is 9.91. The smallest absolute Gasteiger partial charge is 0.203 e. The van der Waals surface area contributed by atoms with E-state index >= 15 is 0 Å². The van der Waals surface area contributed by atoms with E-state index in [9.17, 15) is 5.11 Å². The molecule has 150 valence electrons. The number of para-hydroxylation sites is 1. The first kappa shape index (κ1) is 18.1. The Bertz CT molecular complexity index is 1010. The first-order valence-electron chi connectivity index (χ1n) is 9.91. The van der Waals surface area contributed by atoms with Crippen molar-refractivity contribution in [3.05, 3.63) is 54.4 Å². The third-order valence-corrected chi connectivity index (χ3v) is 5.35. The second kappa shape index (κ2) is 7.85. The van der Waals surface area contributed by atoms with Gasteiger partial charge in [0.25, 0.3) is 0 Å². The Morgan fingerprint density at radius 1 is 1.07 bits per heavy atom. The topological polar surface area (TPSA) is 76.9 Å². The molecule has 1 N–H and O–H groups in total. The molecule has 7 heteroatoms. The Balaban J connectivity index is 1.24. The number of benzene rings is 2. The SMILES string of the molecule is O[C@@H]1CN(Cc2ccc3nccnc3c2)CC[C@H]1Oc1cccc2c1OCCO2. The van der Waals surface area contributed by atoms with E-state index in [1.165, 1.54) is 0 Å². The van der Waals surface area contributed by atoms with E-state index in [0.29, 0.717) is 37.0 Å². The predicted octanol–water partition coefficient (Wildman–Crippen LogP) is 2.42. The molecule has 2 aliphatic rings. The molecule has 0 bridgehead atoms. The highest BCUT2D eigenvalue weighted by Crippen LogP contribution is 2.40. The average Bonchev–Trinajstić information content (AvgIpc) is 2.76. The molecule has 2 aromatic carbocycles. The lowest BCUT2D eigenvalue weighted by Gasteiger charge is -2.36. The lowest BCUT2D eigenvalue weighted by Crippen LogP contribution is -2.48. The normalized spacial score (nSPS) is 21.8. The average molecular weight is 393 g/mol. The van der Waals surface area contributed by atoms with Crippen LogP contribution in [0, 0.1) is 0 Å². The monoisotopic (exact) mass is 393 g/mol. The van der Waals surface area contributed by atoms with Crippen LogP contribution < -0.4 is 14.2 Å². The number of aliphatic hydroxyl groups is 1. The van der Waals surface area contributed by atoms with E-state index in [0.717, 1.165) is 36.1 Å². The fourth-order valence-corrected chi connectivity index (χ4v) is 3.92. The van der Waals surface area contributed by atoms with E-state index in [1.807, 2.05) is 24.3 Å². The molecule has 5 rings (SSSR count). The molecule has 29 heavy (non-hydrogen) atoms. The molecule has 0 radical (unpaired) electrons. The molecule has 7 nitrogen and oxygen atoms in total. The van der Waals surface area contributed by atoms with Gasteiger partial charge in [0, 0.05) is 32.0 Å². The number of fused-ring (bicyclic) bond motifs is 2. The number of piperidine rings is 1. The number of ether oxygens (including phenoxy) is 3. The maximum absolute atomic E-state index is 10.7. The largest absolute Gasteiger partial charge is 0.486 e. The molecule has 0 saturated carbocycles. The van der Waals surface area contributed by atoms with E-state index in [-0.39, 0.29) is 6.10 Å². The summed E-state index contributed by atoms with van der Waals surface area (Å²) in [4.78, 5) is 10.9. The summed E-state index contributed by atoms with van der Waals surface area (Å²) in [5.41, 5.74) is 2.94. The first-order chi connectivity index (χ1) is 14.3. The van der Waals surface area contributed by atoms with E-state index in [4.69, 9.17) is 14.2 Å². The van der Waals surface area contributed by atoms with Crippen molar-refractivity contribution >= 4 is 11.0 Å². The Labute approximate surface area is 168 Å². The molecular formula is C22H23N3O4. The van der Waals surface area contributed by atoms with Gasteiger partial charge in [-0.25, -0.2) is 0 Å². The molecule has 0 aliphatic carbocycles. The highest BCUT2D eigenvalue weighted by Gasteiger charge is 2.30.